The summed E-state index contributed by atoms with van der Waals surface area (Å²) in [7, 11) is 0. The van der Waals surface area contributed by atoms with E-state index in [0.29, 0.717) is 12.1 Å². The van der Waals surface area contributed by atoms with Gasteiger partial charge in [-0.05, 0) is 60.9 Å². The smallest absolute Gasteiger partial charge is 0.345 e. The summed E-state index contributed by atoms with van der Waals surface area (Å²) >= 11 is 11.9. The average molecular weight is 653 g/mol. The van der Waals surface area contributed by atoms with Crippen LogP contribution in [0.1, 0.15) is 52.4 Å². The second-order valence-electron chi connectivity index (χ2n) is 8.96. The number of nitrogens with one attached hydrogen (secondary N) is 2. The van der Waals surface area contributed by atoms with Crippen LogP contribution in [0.2, 0.25) is 10.0 Å². The summed E-state index contributed by atoms with van der Waals surface area (Å²) in [5, 5.41) is 2.79. The molecule has 0 radical (unpaired) electrons. The number of alkyl halides is 9. The van der Waals surface area contributed by atoms with Crippen LogP contribution >= 0.6 is 23.2 Å². The van der Waals surface area contributed by atoms with Gasteiger partial charge >= 0.3 is 18.5 Å². The monoisotopic (exact) mass is 652 g/mol. The van der Waals surface area contributed by atoms with E-state index in [9.17, 15) is 49.1 Å². The molecule has 0 saturated carbocycles. The molecule has 4 nitrogen and oxygen atoms in total. The number of halogens is 12. The lowest BCUT2D eigenvalue weighted by atomic mass is 9.93. The number of hydrogen-bond donors (Lipinski definition) is 2. The topological polar surface area (TPSA) is 58.2 Å². The highest BCUT2D eigenvalue weighted by molar-refractivity contribution is 6.43. The highest BCUT2D eigenvalue weighted by atomic mass is 35.5. The fourth-order valence-corrected chi connectivity index (χ4v) is 4.03. The lowest BCUT2D eigenvalue weighted by molar-refractivity contribution is -0.140. The van der Waals surface area contributed by atoms with Crippen molar-refractivity contribution in [2.24, 2.45) is 0 Å². The number of amides is 2. The van der Waals surface area contributed by atoms with E-state index in [1.165, 1.54) is 12.2 Å². The maximum Gasteiger partial charge on any atom is 0.417 e. The number of carbonyl (C=O) groups excluding carboxylic acids is 2. The Balaban J connectivity index is 2.50. The van der Waals surface area contributed by atoms with E-state index < -0.39 is 76.9 Å². The van der Waals surface area contributed by atoms with Crippen LogP contribution in [0.4, 0.5) is 43.9 Å². The average Bonchev–Trinajstić information content (AvgIpc) is 2.84. The van der Waals surface area contributed by atoms with Gasteiger partial charge in [0.05, 0.1) is 21.2 Å². The third-order valence-corrected chi connectivity index (χ3v) is 6.39. The summed E-state index contributed by atoms with van der Waals surface area (Å²) in [5.74, 6) is -7.37. The fourth-order valence-electron chi connectivity index (χ4n) is 3.53. The molecule has 16 heteroatoms. The second-order valence-corrected chi connectivity index (χ2v) is 9.75. The molecule has 2 aromatic rings. The normalized spacial score (nSPS) is 14.3. The van der Waals surface area contributed by atoms with Crippen molar-refractivity contribution < 1.29 is 53.5 Å². The Kier molecular flexibility index (Phi) is 10.8. The first kappa shape index (κ1) is 34.9. The van der Waals surface area contributed by atoms with Crippen LogP contribution in [-0.4, -0.2) is 36.8 Å². The molecule has 2 rings (SSSR count). The van der Waals surface area contributed by atoms with E-state index in [0.717, 1.165) is 19.1 Å². The number of carbonyl (C=O) groups is 2. The van der Waals surface area contributed by atoms with Gasteiger partial charge in [0.15, 0.2) is 0 Å². The highest BCUT2D eigenvalue weighted by Gasteiger charge is 2.41. The van der Waals surface area contributed by atoms with Crippen molar-refractivity contribution in [2.45, 2.75) is 44.3 Å². The molecule has 0 aliphatic carbocycles. The summed E-state index contributed by atoms with van der Waals surface area (Å²) in [6, 6.07) is 1.17. The molecule has 0 aliphatic heterocycles. The molecule has 0 heterocycles. The van der Waals surface area contributed by atoms with Gasteiger partial charge in [-0.3, -0.25) is 9.59 Å². The zero-order valence-electron chi connectivity index (χ0n) is 21.4. The summed E-state index contributed by atoms with van der Waals surface area (Å²) in [6.45, 7) is 4.13. The van der Waals surface area contributed by atoms with E-state index in [4.69, 9.17) is 23.2 Å². The number of allylic oxidation sites excluding steroid dienone is 2. The Morgan fingerprint density at radius 1 is 0.976 bits per heavy atom. The first-order chi connectivity index (χ1) is 19.0. The van der Waals surface area contributed by atoms with Gasteiger partial charge in [0, 0.05) is 5.56 Å². The Labute approximate surface area is 242 Å². The van der Waals surface area contributed by atoms with Crippen LogP contribution in [0.15, 0.2) is 43.0 Å². The van der Waals surface area contributed by atoms with Gasteiger partial charge < -0.3 is 10.6 Å². The predicted octanol–water partition coefficient (Wildman–Crippen LogP) is 8.50. The molecule has 2 aromatic carbocycles. The van der Waals surface area contributed by atoms with Gasteiger partial charge in [-0.1, -0.05) is 35.8 Å². The van der Waals surface area contributed by atoms with Gasteiger partial charge in [0.2, 0.25) is 5.91 Å². The molecular weight excluding hydrogens is 633 g/mol. The third-order valence-electron chi connectivity index (χ3n) is 5.58. The van der Waals surface area contributed by atoms with Gasteiger partial charge in [-0.25, -0.2) is 4.39 Å². The zero-order valence-corrected chi connectivity index (χ0v) is 22.9. The Bertz CT molecular complexity index is 1400. The zero-order chi connectivity index (χ0) is 32.4. The van der Waals surface area contributed by atoms with Gasteiger partial charge in [-0.2, -0.15) is 39.5 Å². The van der Waals surface area contributed by atoms with Crippen LogP contribution in [0.25, 0.3) is 11.4 Å². The van der Waals surface area contributed by atoms with Gasteiger partial charge in [0.25, 0.3) is 5.91 Å². The Hall–Kier alpha value is -3.26. The highest BCUT2D eigenvalue weighted by Crippen LogP contribution is 2.43. The molecule has 0 bridgehead atoms. The molecule has 0 fully saturated rings. The second kappa shape index (κ2) is 12.9. The SMILES string of the molecule is C=C(C)c1cc([C@@H](/C=C(\F)c2ccc(C(=O)N[C@H](C)C(=O)NCC(F)(F)F)c(C(F)(F)F)c2)C(F)(F)F)cc(Cl)c1Cl. The van der Waals surface area contributed by atoms with E-state index in [1.807, 2.05) is 0 Å². The Morgan fingerprint density at radius 3 is 2.07 bits per heavy atom. The van der Waals surface area contributed by atoms with Gasteiger partial charge in [-0.15, -0.1) is 0 Å². The van der Waals surface area contributed by atoms with Crippen molar-refractivity contribution in [1.29, 1.82) is 0 Å². The van der Waals surface area contributed by atoms with Crippen molar-refractivity contribution >= 4 is 46.4 Å². The van der Waals surface area contributed by atoms with Crippen LogP contribution in [0.5, 0.6) is 0 Å². The minimum atomic E-state index is -5.34. The summed E-state index contributed by atoms with van der Waals surface area (Å²) in [4.78, 5) is 24.2. The minimum Gasteiger partial charge on any atom is -0.345 e. The first-order valence-corrected chi connectivity index (χ1v) is 12.2. The van der Waals surface area contributed by atoms with E-state index in [2.05, 4.69) is 6.58 Å². The molecule has 2 amide bonds. The quantitative estimate of drug-likeness (QED) is 0.281. The Morgan fingerprint density at radius 2 is 1.57 bits per heavy atom. The van der Waals surface area contributed by atoms with Crippen molar-refractivity contribution in [1.82, 2.24) is 10.6 Å². The van der Waals surface area contributed by atoms with Crippen LogP contribution in [0.3, 0.4) is 0 Å². The summed E-state index contributed by atoms with van der Waals surface area (Å²) in [6.07, 6.45) is -15.3. The number of rotatable bonds is 8. The van der Waals surface area contributed by atoms with Crippen molar-refractivity contribution in [3.63, 3.8) is 0 Å². The van der Waals surface area contributed by atoms with Gasteiger partial charge in [0.1, 0.15) is 24.3 Å². The molecule has 230 valence electrons. The van der Waals surface area contributed by atoms with Crippen molar-refractivity contribution in [2.75, 3.05) is 6.54 Å². The van der Waals surface area contributed by atoms with Crippen LogP contribution in [-0.2, 0) is 11.0 Å². The minimum absolute atomic E-state index is 0.0179. The van der Waals surface area contributed by atoms with Crippen molar-refractivity contribution in [3.8, 4) is 0 Å². The molecule has 0 aliphatic rings. The first-order valence-electron chi connectivity index (χ1n) is 11.5. The van der Waals surface area contributed by atoms with Crippen LogP contribution in [0, 0.1) is 0 Å². The maximum absolute atomic E-state index is 15.1. The molecule has 2 N–H and O–H groups in total. The number of benzene rings is 2. The summed E-state index contributed by atoms with van der Waals surface area (Å²) in [5.41, 5.74) is -4.27. The van der Waals surface area contributed by atoms with Crippen molar-refractivity contribution in [3.05, 3.63) is 80.8 Å². The molecule has 0 unspecified atom stereocenters. The molecular formula is C26H20Cl2F10N2O2. The molecule has 0 spiro atoms. The maximum atomic E-state index is 15.1. The van der Waals surface area contributed by atoms with E-state index >= 15 is 4.39 Å². The van der Waals surface area contributed by atoms with E-state index in [-0.39, 0.29) is 33.3 Å². The lowest BCUT2D eigenvalue weighted by Gasteiger charge is -2.20. The molecule has 42 heavy (non-hydrogen) atoms. The third kappa shape index (κ3) is 9.12. The summed E-state index contributed by atoms with van der Waals surface area (Å²) < 4.78 is 135. The number of hydrogen-bond acceptors (Lipinski definition) is 2. The lowest BCUT2D eigenvalue weighted by Crippen LogP contribution is -2.47. The molecule has 0 aromatic heterocycles. The largest absolute Gasteiger partial charge is 0.417 e. The predicted molar refractivity (Wildman–Crippen MR) is 136 cm³/mol. The standard InChI is InChI=1S/C26H20Cl2F10N2O2/c1-11(2)16-6-14(8-19(27)21(16)28)17(25(33,34)35)9-20(29)13-4-5-15(18(7-13)26(36,37)38)23(42)40-12(3)22(41)39-10-24(30,31)32/h4-9,12,17H,1,10H2,2-3H3,(H,39,41)(H,40,42)/b20-9-/t12-,17-/m1/s1. The molecule has 0 saturated heterocycles. The molecule has 2 atom stereocenters. The fraction of sp³-hybridized carbons (Fsp3) is 0.308. The van der Waals surface area contributed by atoms with E-state index in [1.54, 1.807) is 5.32 Å². The van der Waals surface area contributed by atoms with Crippen LogP contribution < -0.4 is 10.6 Å².